The van der Waals surface area contributed by atoms with E-state index in [0.29, 0.717) is 53.2 Å². The van der Waals surface area contributed by atoms with Gasteiger partial charge in [-0.3, -0.25) is 14.4 Å². The molecule has 37 heavy (non-hydrogen) atoms. The Kier molecular flexibility index (Phi) is 7.00. The van der Waals surface area contributed by atoms with E-state index in [4.69, 9.17) is 20.8 Å². The lowest BCUT2D eigenvalue weighted by atomic mass is 10.0. The van der Waals surface area contributed by atoms with E-state index in [-0.39, 0.29) is 12.1 Å². The minimum absolute atomic E-state index is 0.101. The standard InChI is InChI=1S/C27H29N9O/c1-18(33-21-7-10-35(17-29)11-8-21)27(34-30)20-13-25-32-16-22(15-28)36(25)26(14-20)37-24(12-19-5-6-19)23-4-2-3-9-31-23/h2-4,9,13-14,16,19,21,24H,5-8,10-12,30H2,1H3/b33-18?,34-27+. The number of hydrogen-bond acceptors (Lipinski definition) is 9. The third kappa shape index (κ3) is 5.39. The van der Waals surface area contributed by atoms with Crippen LogP contribution in [0.5, 0.6) is 5.88 Å². The van der Waals surface area contributed by atoms with Crippen LogP contribution in [0.15, 0.2) is 52.8 Å². The second kappa shape index (κ2) is 10.7. The van der Waals surface area contributed by atoms with Crippen LogP contribution in [0.1, 0.15) is 62.1 Å². The van der Waals surface area contributed by atoms with Crippen molar-refractivity contribution in [1.82, 2.24) is 19.3 Å². The Bertz CT molecular complexity index is 1400. The first-order chi connectivity index (χ1) is 18.1. The Morgan fingerprint density at radius 3 is 2.65 bits per heavy atom. The molecule has 1 saturated carbocycles. The summed E-state index contributed by atoms with van der Waals surface area (Å²) in [7, 11) is 0. The van der Waals surface area contributed by atoms with Crippen molar-refractivity contribution in [2.75, 3.05) is 13.1 Å². The summed E-state index contributed by atoms with van der Waals surface area (Å²) in [5, 5.41) is 22.9. The summed E-state index contributed by atoms with van der Waals surface area (Å²) >= 11 is 0. The zero-order valence-electron chi connectivity index (χ0n) is 20.8. The number of nitrogens with two attached hydrogens (primary N) is 1. The quantitative estimate of drug-likeness (QED) is 0.218. The second-order valence-electron chi connectivity index (χ2n) is 9.58. The van der Waals surface area contributed by atoms with Gasteiger partial charge in [0.2, 0.25) is 5.88 Å². The number of hydrazone groups is 1. The van der Waals surface area contributed by atoms with E-state index in [9.17, 15) is 5.26 Å². The SMILES string of the molecule is CC(=NC1CCN(C#N)CC1)/C(=N\N)c1cc(OC(CC2CC2)c2ccccn2)n2c(C#N)cnc2c1. The molecule has 188 valence electrons. The predicted molar refractivity (Wildman–Crippen MR) is 139 cm³/mol. The molecule has 4 heterocycles. The van der Waals surface area contributed by atoms with Gasteiger partial charge < -0.3 is 15.5 Å². The van der Waals surface area contributed by atoms with Crippen molar-refractivity contribution in [2.24, 2.45) is 21.9 Å². The van der Waals surface area contributed by atoms with E-state index in [0.717, 1.165) is 25.0 Å². The van der Waals surface area contributed by atoms with Crippen LogP contribution in [0.3, 0.4) is 0 Å². The number of aliphatic imine (C=N–C) groups is 1. The number of imidazole rings is 1. The van der Waals surface area contributed by atoms with Gasteiger partial charge >= 0.3 is 0 Å². The first-order valence-corrected chi connectivity index (χ1v) is 12.6. The molecule has 10 heteroatoms. The minimum Gasteiger partial charge on any atom is -0.469 e. The molecular weight excluding hydrogens is 466 g/mol. The van der Waals surface area contributed by atoms with Gasteiger partial charge in [-0.2, -0.15) is 15.6 Å². The number of piperidine rings is 1. The van der Waals surface area contributed by atoms with Crippen LogP contribution in [-0.2, 0) is 0 Å². The highest BCUT2D eigenvalue weighted by atomic mass is 16.5. The lowest BCUT2D eigenvalue weighted by Crippen LogP contribution is -2.32. The molecule has 1 aliphatic heterocycles. The van der Waals surface area contributed by atoms with Gasteiger partial charge in [-0.1, -0.05) is 18.9 Å². The van der Waals surface area contributed by atoms with Crippen LogP contribution in [0, 0.1) is 28.7 Å². The van der Waals surface area contributed by atoms with Gasteiger partial charge in [0.15, 0.2) is 6.19 Å². The van der Waals surface area contributed by atoms with Gasteiger partial charge in [-0.25, -0.2) is 4.98 Å². The first-order valence-electron chi connectivity index (χ1n) is 12.6. The third-order valence-corrected chi connectivity index (χ3v) is 6.94. The highest BCUT2D eigenvalue weighted by Gasteiger charge is 2.29. The fourth-order valence-corrected chi connectivity index (χ4v) is 4.78. The van der Waals surface area contributed by atoms with Crippen molar-refractivity contribution < 1.29 is 4.74 Å². The van der Waals surface area contributed by atoms with E-state index in [1.54, 1.807) is 15.5 Å². The molecule has 3 aromatic rings. The fraction of sp³-hybridized carbons (Fsp3) is 0.407. The highest BCUT2D eigenvalue weighted by Crippen LogP contribution is 2.39. The average Bonchev–Trinajstić information content (AvgIpc) is 3.65. The van der Waals surface area contributed by atoms with E-state index < -0.39 is 0 Å². The van der Waals surface area contributed by atoms with E-state index in [1.807, 2.05) is 37.3 Å². The van der Waals surface area contributed by atoms with Gasteiger partial charge in [-0.15, -0.1) is 0 Å². The number of nitrogens with zero attached hydrogens (tertiary/aromatic N) is 8. The molecule has 5 rings (SSSR count). The van der Waals surface area contributed by atoms with Crippen LogP contribution in [0.25, 0.3) is 5.65 Å². The number of pyridine rings is 2. The van der Waals surface area contributed by atoms with Gasteiger partial charge in [0, 0.05) is 30.9 Å². The monoisotopic (exact) mass is 495 g/mol. The maximum Gasteiger partial charge on any atom is 0.201 e. The van der Waals surface area contributed by atoms with E-state index in [2.05, 4.69) is 27.3 Å². The number of fused-ring (bicyclic) bond motifs is 1. The Morgan fingerprint density at radius 1 is 1.19 bits per heavy atom. The Hall–Kier alpha value is -4.44. The molecule has 10 nitrogen and oxygen atoms in total. The van der Waals surface area contributed by atoms with Gasteiger partial charge in [0.1, 0.15) is 29.2 Å². The smallest absolute Gasteiger partial charge is 0.201 e. The minimum atomic E-state index is -0.264. The molecule has 1 aliphatic carbocycles. The lowest BCUT2D eigenvalue weighted by Gasteiger charge is -2.26. The molecule has 2 N–H and O–H groups in total. The lowest BCUT2D eigenvalue weighted by molar-refractivity contribution is 0.172. The maximum absolute atomic E-state index is 9.72. The number of nitriles is 2. The number of hydrogen-bond donors (Lipinski definition) is 1. The van der Waals surface area contributed by atoms with Gasteiger partial charge in [0.05, 0.1) is 23.6 Å². The fourth-order valence-electron chi connectivity index (χ4n) is 4.78. The second-order valence-corrected chi connectivity index (χ2v) is 9.58. The number of rotatable bonds is 8. The van der Waals surface area contributed by atoms with Crippen molar-refractivity contribution in [3.05, 3.63) is 59.7 Å². The molecule has 1 atom stereocenters. The van der Waals surface area contributed by atoms with Crippen LogP contribution < -0.4 is 10.6 Å². The summed E-state index contributed by atoms with van der Waals surface area (Å²) in [5.74, 6) is 6.96. The van der Waals surface area contributed by atoms with Crippen molar-refractivity contribution in [2.45, 2.75) is 51.2 Å². The molecular formula is C27H29N9O. The number of ether oxygens (including phenoxy) is 1. The summed E-state index contributed by atoms with van der Waals surface area (Å²) < 4.78 is 8.31. The van der Waals surface area contributed by atoms with Crippen molar-refractivity contribution in [3.8, 4) is 18.1 Å². The average molecular weight is 496 g/mol. The molecule has 2 fully saturated rings. The zero-order valence-corrected chi connectivity index (χ0v) is 20.8. The van der Waals surface area contributed by atoms with Crippen LogP contribution in [0.2, 0.25) is 0 Å². The third-order valence-electron chi connectivity index (χ3n) is 6.94. The molecule has 3 aromatic heterocycles. The highest BCUT2D eigenvalue weighted by molar-refractivity contribution is 6.47. The Labute approximate surface area is 215 Å². The number of aromatic nitrogens is 3. The summed E-state index contributed by atoms with van der Waals surface area (Å²) in [5.41, 5.74) is 3.74. The maximum atomic E-state index is 9.72. The molecule has 0 bridgehead atoms. The van der Waals surface area contributed by atoms with Gasteiger partial charge in [0.25, 0.3) is 0 Å². The summed E-state index contributed by atoms with van der Waals surface area (Å²) in [6.07, 6.45) is 10.1. The Balaban J connectivity index is 1.50. The molecule has 0 spiro atoms. The summed E-state index contributed by atoms with van der Waals surface area (Å²) in [6, 6.07) is 11.8. The van der Waals surface area contributed by atoms with E-state index in [1.165, 1.54) is 19.0 Å². The molecule has 2 aliphatic rings. The van der Waals surface area contributed by atoms with Crippen LogP contribution in [-0.4, -0.2) is 49.8 Å². The molecule has 0 amide bonds. The van der Waals surface area contributed by atoms with Crippen LogP contribution in [0.4, 0.5) is 0 Å². The zero-order chi connectivity index (χ0) is 25.8. The predicted octanol–water partition coefficient (Wildman–Crippen LogP) is 3.59. The van der Waals surface area contributed by atoms with Crippen molar-refractivity contribution in [3.63, 3.8) is 0 Å². The molecule has 0 radical (unpaired) electrons. The van der Waals surface area contributed by atoms with Crippen molar-refractivity contribution >= 4 is 17.1 Å². The Morgan fingerprint density at radius 2 is 2.00 bits per heavy atom. The molecule has 1 saturated heterocycles. The van der Waals surface area contributed by atoms with Gasteiger partial charge in [-0.05, 0) is 50.3 Å². The summed E-state index contributed by atoms with van der Waals surface area (Å²) in [4.78, 5) is 15.6. The summed E-state index contributed by atoms with van der Waals surface area (Å²) in [6.45, 7) is 3.28. The normalized spacial score (nSPS) is 17.9. The topological polar surface area (TPSA) is 141 Å². The van der Waals surface area contributed by atoms with Crippen LogP contribution >= 0.6 is 0 Å². The largest absolute Gasteiger partial charge is 0.469 e. The van der Waals surface area contributed by atoms with E-state index >= 15 is 0 Å². The molecule has 0 aromatic carbocycles. The van der Waals surface area contributed by atoms with Crippen molar-refractivity contribution in [1.29, 1.82) is 10.5 Å². The first kappa shape index (κ1) is 24.3. The molecule has 1 unspecified atom stereocenters. The number of likely N-dealkylation sites (tertiary alicyclic amines) is 1.